The summed E-state index contributed by atoms with van der Waals surface area (Å²) in [7, 11) is 0. The maximum absolute atomic E-state index is 14.1. The molecule has 2 rings (SSSR count). The van der Waals surface area contributed by atoms with E-state index in [1.165, 1.54) is 31.2 Å². The molecule has 1 atom stereocenters. The van der Waals surface area contributed by atoms with Crippen molar-refractivity contribution in [2.24, 2.45) is 0 Å². The lowest BCUT2D eigenvalue weighted by atomic mass is 10.0. The molecule has 1 aliphatic heterocycles. The zero-order valence-corrected chi connectivity index (χ0v) is 13.9. The Balaban J connectivity index is 2.44. The number of halogens is 3. The molecule has 0 aromatic heterocycles. The summed E-state index contributed by atoms with van der Waals surface area (Å²) in [6.45, 7) is 1.31. The van der Waals surface area contributed by atoms with Crippen LogP contribution in [0.15, 0.2) is 30.3 Å². The molecule has 0 bridgehead atoms. The number of esters is 1. The molecule has 138 valence electrons. The Labute approximate surface area is 144 Å². The minimum Gasteiger partial charge on any atom is -0.463 e. The second-order valence-corrected chi connectivity index (χ2v) is 5.80. The first-order valence-electron chi connectivity index (χ1n) is 8.19. The normalized spacial score (nSPS) is 18.2. The van der Waals surface area contributed by atoms with Gasteiger partial charge in [0, 0.05) is 18.7 Å². The molecule has 1 saturated heterocycles. The predicted molar refractivity (Wildman–Crippen MR) is 84.8 cm³/mol. The van der Waals surface area contributed by atoms with Crippen LogP contribution in [0, 0.1) is 0 Å². The molecule has 1 aromatic rings. The Bertz CT molecular complexity index is 601. The van der Waals surface area contributed by atoms with Gasteiger partial charge in [0.2, 0.25) is 0 Å². The van der Waals surface area contributed by atoms with Gasteiger partial charge in [-0.1, -0.05) is 24.6 Å². The summed E-state index contributed by atoms with van der Waals surface area (Å²) in [6, 6.07) is 7.49. The van der Waals surface area contributed by atoms with Gasteiger partial charge in [0.1, 0.15) is 0 Å². The lowest BCUT2D eigenvalue weighted by molar-refractivity contribution is -0.248. The summed E-state index contributed by atoms with van der Waals surface area (Å²) in [6.07, 6.45) is -3.22. The Morgan fingerprint density at radius 1 is 1.12 bits per heavy atom. The quantitative estimate of drug-likeness (QED) is 0.823. The van der Waals surface area contributed by atoms with Crippen LogP contribution >= 0.6 is 0 Å². The number of rotatable bonds is 5. The van der Waals surface area contributed by atoms with E-state index in [1.807, 2.05) is 5.32 Å². The fourth-order valence-electron chi connectivity index (χ4n) is 2.92. The van der Waals surface area contributed by atoms with Gasteiger partial charge in [-0.2, -0.15) is 13.2 Å². The molecule has 8 heteroatoms. The SMILES string of the molecule is CCOC(=O)[C@@](NC(=O)c1ccccc1)(N1CCCCC1)C(F)(F)F. The smallest absolute Gasteiger partial charge is 0.436 e. The number of carbonyl (C=O) groups is 2. The number of carbonyl (C=O) groups excluding carboxylic acids is 2. The second kappa shape index (κ2) is 7.86. The summed E-state index contributed by atoms with van der Waals surface area (Å²) in [5.41, 5.74) is -3.14. The first-order valence-corrected chi connectivity index (χ1v) is 8.19. The van der Waals surface area contributed by atoms with Crippen molar-refractivity contribution in [2.75, 3.05) is 19.7 Å². The van der Waals surface area contributed by atoms with Crippen molar-refractivity contribution >= 4 is 11.9 Å². The van der Waals surface area contributed by atoms with Gasteiger partial charge in [0.15, 0.2) is 0 Å². The van der Waals surface area contributed by atoms with Crippen LogP contribution < -0.4 is 5.32 Å². The predicted octanol–water partition coefficient (Wildman–Crippen LogP) is 2.72. The van der Waals surface area contributed by atoms with E-state index < -0.39 is 23.7 Å². The number of hydrogen-bond donors (Lipinski definition) is 1. The highest BCUT2D eigenvalue weighted by molar-refractivity contribution is 5.98. The number of alkyl halides is 3. The molecule has 1 N–H and O–H groups in total. The third kappa shape index (κ3) is 3.95. The summed E-state index contributed by atoms with van der Waals surface area (Å²) >= 11 is 0. The zero-order chi connectivity index (χ0) is 18.5. The largest absolute Gasteiger partial charge is 0.463 e. The van der Waals surface area contributed by atoms with Gasteiger partial charge in [0.05, 0.1) is 6.61 Å². The Hall–Kier alpha value is -2.09. The standard InChI is InChI=1S/C17H21F3N2O3/c1-2-25-15(24)16(17(18,19)20,22-11-7-4-8-12-22)21-14(23)13-9-5-3-6-10-13/h3,5-6,9-10H,2,4,7-8,11-12H2,1H3,(H,21,23)/t16-/m1/s1. The van der Waals surface area contributed by atoms with E-state index in [2.05, 4.69) is 0 Å². The van der Waals surface area contributed by atoms with Gasteiger partial charge >= 0.3 is 12.1 Å². The van der Waals surface area contributed by atoms with Crippen molar-refractivity contribution in [3.8, 4) is 0 Å². The van der Waals surface area contributed by atoms with Crippen molar-refractivity contribution in [2.45, 2.75) is 38.0 Å². The third-order valence-electron chi connectivity index (χ3n) is 4.14. The minimum absolute atomic E-state index is 0.0393. The molecule has 0 spiro atoms. The number of ether oxygens (including phenoxy) is 1. The molecule has 5 nitrogen and oxygen atoms in total. The van der Waals surface area contributed by atoms with E-state index >= 15 is 0 Å². The van der Waals surface area contributed by atoms with Crippen LogP contribution in [-0.2, 0) is 9.53 Å². The molecule has 1 heterocycles. The summed E-state index contributed by atoms with van der Waals surface area (Å²) in [5.74, 6) is -2.48. The molecular weight excluding hydrogens is 337 g/mol. The number of amides is 1. The molecular formula is C17H21F3N2O3. The fourth-order valence-corrected chi connectivity index (χ4v) is 2.92. The highest BCUT2D eigenvalue weighted by Crippen LogP contribution is 2.37. The number of nitrogens with zero attached hydrogens (tertiary/aromatic N) is 1. The monoisotopic (exact) mass is 358 g/mol. The molecule has 1 aromatic carbocycles. The van der Waals surface area contributed by atoms with Crippen LogP contribution in [0.4, 0.5) is 13.2 Å². The maximum Gasteiger partial charge on any atom is 0.436 e. The zero-order valence-electron chi connectivity index (χ0n) is 13.9. The third-order valence-corrected chi connectivity index (χ3v) is 4.14. The maximum atomic E-state index is 14.1. The van der Waals surface area contributed by atoms with Crippen LogP contribution in [0.5, 0.6) is 0 Å². The van der Waals surface area contributed by atoms with Crippen LogP contribution in [0.25, 0.3) is 0 Å². The first-order chi connectivity index (χ1) is 11.8. The molecule has 0 radical (unpaired) electrons. The number of piperidine rings is 1. The summed E-state index contributed by atoms with van der Waals surface area (Å²) < 4.78 is 46.9. The number of nitrogens with one attached hydrogen (secondary N) is 1. The molecule has 1 amide bonds. The van der Waals surface area contributed by atoms with Crippen LogP contribution in [0.1, 0.15) is 36.5 Å². The number of likely N-dealkylation sites (tertiary alicyclic amines) is 1. The van der Waals surface area contributed by atoms with Gasteiger partial charge in [-0.15, -0.1) is 0 Å². The van der Waals surface area contributed by atoms with Crippen molar-refractivity contribution in [3.63, 3.8) is 0 Å². The van der Waals surface area contributed by atoms with Crippen LogP contribution in [-0.4, -0.2) is 48.3 Å². The minimum atomic E-state index is -5.03. The molecule has 0 aliphatic carbocycles. The fraction of sp³-hybridized carbons (Fsp3) is 0.529. The highest BCUT2D eigenvalue weighted by Gasteiger charge is 2.66. The van der Waals surface area contributed by atoms with E-state index in [0.29, 0.717) is 12.8 Å². The first kappa shape index (κ1) is 19.2. The molecule has 1 fully saturated rings. The molecule has 0 unspecified atom stereocenters. The average molecular weight is 358 g/mol. The van der Waals surface area contributed by atoms with E-state index in [1.54, 1.807) is 6.07 Å². The van der Waals surface area contributed by atoms with E-state index in [4.69, 9.17) is 4.74 Å². The Morgan fingerprint density at radius 3 is 2.24 bits per heavy atom. The van der Waals surface area contributed by atoms with Crippen LogP contribution in [0.2, 0.25) is 0 Å². The summed E-state index contributed by atoms with van der Waals surface area (Å²) in [4.78, 5) is 25.8. The van der Waals surface area contributed by atoms with Crippen molar-refractivity contribution in [1.29, 1.82) is 0 Å². The molecule has 25 heavy (non-hydrogen) atoms. The van der Waals surface area contributed by atoms with Gasteiger partial charge in [-0.3, -0.25) is 9.69 Å². The van der Waals surface area contributed by atoms with E-state index in [9.17, 15) is 22.8 Å². The number of benzene rings is 1. The molecule has 0 saturated carbocycles. The van der Waals surface area contributed by atoms with E-state index in [-0.39, 0.29) is 25.3 Å². The van der Waals surface area contributed by atoms with Crippen LogP contribution in [0.3, 0.4) is 0 Å². The summed E-state index contributed by atoms with van der Waals surface area (Å²) in [5, 5.41) is 1.93. The Morgan fingerprint density at radius 2 is 1.72 bits per heavy atom. The van der Waals surface area contributed by atoms with Crippen molar-refractivity contribution < 1.29 is 27.5 Å². The lowest BCUT2D eigenvalue weighted by Gasteiger charge is -2.44. The van der Waals surface area contributed by atoms with E-state index in [0.717, 1.165) is 11.3 Å². The number of hydrogen-bond acceptors (Lipinski definition) is 4. The van der Waals surface area contributed by atoms with Crippen molar-refractivity contribution in [1.82, 2.24) is 10.2 Å². The van der Waals surface area contributed by atoms with Gasteiger partial charge in [-0.05, 0) is 31.9 Å². The van der Waals surface area contributed by atoms with Gasteiger partial charge in [-0.25, -0.2) is 4.79 Å². The average Bonchev–Trinajstić information content (AvgIpc) is 2.60. The van der Waals surface area contributed by atoms with Crippen molar-refractivity contribution in [3.05, 3.63) is 35.9 Å². The Kier molecular flexibility index (Phi) is 6.05. The molecule has 1 aliphatic rings. The second-order valence-electron chi connectivity index (χ2n) is 5.80. The highest BCUT2D eigenvalue weighted by atomic mass is 19.4. The topological polar surface area (TPSA) is 58.6 Å². The lowest BCUT2D eigenvalue weighted by Crippen LogP contribution is -2.74. The van der Waals surface area contributed by atoms with Gasteiger partial charge < -0.3 is 10.1 Å². The van der Waals surface area contributed by atoms with Gasteiger partial charge in [0.25, 0.3) is 11.6 Å².